The van der Waals surface area contributed by atoms with Gasteiger partial charge in [0.05, 0.1) is 6.61 Å². The summed E-state index contributed by atoms with van der Waals surface area (Å²) in [6.45, 7) is 2.08. The minimum atomic E-state index is -0.426. The molecular formula is C11H12FN3O2S. The standard InChI is InChI=1S/C11H12FN3O2S/c1-2-15-10(17)13-14-11(15)18-9-4-7(6-16)3-8(12)5-9/h3-5,16H,2,6H2,1H3,(H,13,17). The molecule has 0 aliphatic carbocycles. The van der Waals surface area contributed by atoms with E-state index in [0.717, 1.165) is 0 Å². The molecule has 1 aromatic heterocycles. The van der Waals surface area contributed by atoms with Gasteiger partial charge in [-0.25, -0.2) is 14.3 Å². The number of rotatable bonds is 4. The van der Waals surface area contributed by atoms with E-state index in [0.29, 0.717) is 22.2 Å². The molecule has 0 aliphatic heterocycles. The molecule has 0 bridgehead atoms. The molecule has 2 N–H and O–H groups in total. The summed E-state index contributed by atoms with van der Waals surface area (Å²) >= 11 is 1.17. The molecule has 1 aromatic carbocycles. The summed E-state index contributed by atoms with van der Waals surface area (Å²) in [7, 11) is 0. The van der Waals surface area contributed by atoms with Crippen LogP contribution in [0.4, 0.5) is 4.39 Å². The maximum Gasteiger partial charge on any atom is 0.343 e. The third-order valence-electron chi connectivity index (χ3n) is 2.36. The summed E-state index contributed by atoms with van der Waals surface area (Å²) in [5.41, 5.74) is 0.192. The van der Waals surface area contributed by atoms with Gasteiger partial charge in [0.25, 0.3) is 0 Å². The highest BCUT2D eigenvalue weighted by Gasteiger charge is 2.09. The van der Waals surface area contributed by atoms with Crippen LogP contribution in [0, 0.1) is 5.82 Å². The van der Waals surface area contributed by atoms with Gasteiger partial charge in [-0.3, -0.25) is 4.57 Å². The van der Waals surface area contributed by atoms with E-state index < -0.39 is 5.82 Å². The van der Waals surface area contributed by atoms with Crippen molar-refractivity contribution in [3.8, 4) is 0 Å². The number of aliphatic hydroxyl groups excluding tert-OH is 1. The Morgan fingerprint density at radius 2 is 2.28 bits per heavy atom. The Hall–Kier alpha value is -1.60. The Balaban J connectivity index is 2.33. The molecule has 1 heterocycles. The van der Waals surface area contributed by atoms with Crippen LogP contribution in [0.25, 0.3) is 0 Å². The zero-order valence-corrected chi connectivity index (χ0v) is 10.5. The van der Waals surface area contributed by atoms with Crippen molar-refractivity contribution in [3.63, 3.8) is 0 Å². The number of hydrogen-bond donors (Lipinski definition) is 2. The van der Waals surface area contributed by atoms with Crippen LogP contribution in [0.2, 0.25) is 0 Å². The molecule has 18 heavy (non-hydrogen) atoms. The van der Waals surface area contributed by atoms with Crippen molar-refractivity contribution in [1.29, 1.82) is 0 Å². The van der Waals surface area contributed by atoms with Crippen LogP contribution in [0.1, 0.15) is 12.5 Å². The zero-order valence-electron chi connectivity index (χ0n) is 9.68. The van der Waals surface area contributed by atoms with Crippen molar-refractivity contribution in [2.24, 2.45) is 0 Å². The van der Waals surface area contributed by atoms with Gasteiger partial charge in [-0.05, 0) is 42.4 Å². The lowest BCUT2D eigenvalue weighted by atomic mass is 10.2. The molecule has 0 saturated heterocycles. The van der Waals surface area contributed by atoms with Crippen molar-refractivity contribution >= 4 is 11.8 Å². The van der Waals surface area contributed by atoms with Gasteiger partial charge in [0.15, 0.2) is 5.16 Å². The molecule has 0 aliphatic rings. The van der Waals surface area contributed by atoms with Crippen LogP contribution >= 0.6 is 11.8 Å². The summed E-state index contributed by atoms with van der Waals surface area (Å²) < 4.78 is 14.7. The molecular weight excluding hydrogens is 257 g/mol. The molecule has 5 nitrogen and oxygen atoms in total. The van der Waals surface area contributed by atoms with Gasteiger partial charge in [0, 0.05) is 11.4 Å². The summed E-state index contributed by atoms with van der Waals surface area (Å²) in [6.07, 6.45) is 0. The van der Waals surface area contributed by atoms with Gasteiger partial charge in [-0.1, -0.05) is 0 Å². The van der Waals surface area contributed by atoms with Gasteiger partial charge in [-0.15, -0.1) is 5.10 Å². The Bertz CT molecular complexity index is 609. The Kier molecular flexibility index (Phi) is 3.83. The van der Waals surface area contributed by atoms with E-state index in [1.807, 2.05) is 6.92 Å². The largest absolute Gasteiger partial charge is 0.392 e. The average Bonchev–Trinajstić information content (AvgIpc) is 2.69. The van der Waals surface area contributed by atoms with E-state index in [1.54, 1.807) is 6.07 Å². The van der Waals surface area contributed by atoms with Crippen LogP contribution in [-0.2, 0) is 13.2 Å². The van der Waals surface area contributed by atoms with Crippen molar-refractivity contribution in [2.75, 3.05) is 0 Å². The Morgan fingerprint density at radius 1 is 1.50 bits per heavy atom. The number of H-pyrrole nitrogens is 1. The van der Waals surface area contributed by atoms with Gasteiger partial charge in [0.2, 0.25) is 0 Å². The number of aromatic amines is 1. The first-order valence-corrected chi connectivity index (χ1v) is 6.19. The molecule has 0 atom stereocenters. The third-order valence-corrected chi connectivity index (χ3v) is 3.33. The zero-order chi connectivity index (χ0) is 13.1. The Morgan fingerprint density at radius 3 is 2.94 bits per heavy atom. The molecule has 2 rings (SSSR count). The molecule has 96 valence electrons. The number of hydrogen-bond acceptors (Lipinski definition) is 4. The van der Waals surface area contributed by atoms with E-state index in [9.17, 15) is 9.18 Å². The normalized spacial score (nSPS) is 10.8. The van der Waals surface area contributed by atoms with Crippen molar-refractivity contribution in [2.45, 2.75) is 30.1 Å². The van der Waals surface area contributed by atoms with Crippen LogP contribution in [0.5, 0.6) is 0 Å². The smallest absolute Gasteiger partial charge is 0.343 e. The highest BCUT2D eigenvalue weighted by molar-refractivity contribution is 7.99. The van der Waals surface area contributed by atoms with E-state index in [-0.39, 0.29) is 12.3 Å². The number of benzene rings is 1. The fourth-order valence-electron chi connectivity index (χ4n) is 1.54. The molecule has 0 spiro atoms. The van der Waals surface area contributed by atoms with Gasteiger partial charge < -0.3 is 5.11 Å². The van der Waals surface area contributed by atoms with Crippen molar-refractivity contribution < 1.29 is 9.50 Å². The first-order chi connectivity index (χ1) is 8.63. The fraction of sp³-hybridized carbons (Fsp3) is 0.273. The minimum absolute atomic E-state index is 0.230. The highest BCUT2D eigenvalue weighted by atomic mass is 32.2. The molecule has 7 heteroatoms. The summed E-state index contributed by atoms with van der Waals surface area (Å²) in [6, 6.07) is 4.26. The van der Waals surface area contributed by atoms with E-state index >= 15 is 0 Å². The van der Waals surface area contributed by atoms with Gasteiger partial charge in [0.1, 0.15) is 5.82 Å². The minimum Gasteiger partial charge on any atom is -0.392 e. The number of nitrogens with one attached hydrogen (secondary N) is 1. The molecule has 0 amide bonds. The quantitative estimate of drug-likeness (QED) is 0.879. The van der Waals surface area contributed by atoms with E-state index in [4.69, 9.17) is 5.11 Å². The van der Waals surface area contributed by atoms with Crippen LogP contribution in [0.3, 0.4) is 0 Å². The molecule has 0 saturated carbocycles. The maximum atomic E-state index is 13.3. The summed E-state index contributed by atoms with van der Waals surface area (Å²) in [4.78, 5) is 12.0. The third kappa shape index (κ3) is 2.62. The van der Waals surface area contributed by atoms with E-state index in [1.165, 1.54) is 28.5 Å². The first kappa shape index (κ1) is 12.8. The molecule has 2 aromatic rings. The average molecular weight is 269 g/mol. The maximum absolute atomic E-state index is 13.3. The van der Waals surface area contributed by atoms with Crippen molar-refractivity contribution in [3.05, 3.63) is 40.1 Å². The van der Waals surface area contributed by atoms with Gasteiger partial charge >= 0.3 is 5.69 Å². The lowest BCUT2D eigenvalue weighted by Crippen LogP contribution is -2.15. The second-order valence-corrected chi connectivity index (χ2v) is 4.65. The van der Waals surface area contributed by atoms with Gasteiger partial charge in [-0.2, -0.15) is 0 Å². The second kappa shape index (κ2) is 5.36. The number of nitrogens with zero attached hydrogens (tertiary/aromatic N) is 2. The molecule has 0 radical (unpaired) electrons. The molecule has 0 unspecified atom stereocenters. The topological polar surface area (TPSA) is 70.9 Å². The SMILES string of the molecule is CCn1c(Sc2cc(F)cc(CO)c2)n[nH]c1=O. The lowest BCUT2D eigenvalue weighted by Gasteiger charge is -2.04. The predicted octanol–water partition coefficient (Wildman–Crippen LogP) is 1.37. The van der Waals surface area contributed by atoms with Crippen LogP contribution in [-0.4, -0.2) is 19.9 Å². The monoisotopic (exact) mass is 269 g/mol. The van der Waals surface area contributed by atoms with Crippen molar-refractivity contribution in [1.82, 2.24) is 14.8 Å². The molecule has 0 fully saturated rings. The fourth-order valence-corrected chi connectivity index (χ4v) is 2.54. The Labute approximate surface area is 107 Å². The first-order valence-electron chi connectivity index (χ1n) is 5.37. The number of aromatic nitrogens is 3. The van der Waals surface area contributed by atoms with E-state index in [2.05, 4.69) is 10.2 Å². The van der Waals surface area contributed by atoms with Crippen LogP contribution < -0.4 is 5.69 Å². The highest BCUT2D eigenvalue weighted by Crippen LogP contribution is 2.26. The lowest BCUT2D eigenvalue weighted by molar-refractivity contribution is 0.281. The number of aliphatic hydroxyl groups is 1. The summed E-state index contributed by atoms with van der Waals surface area (Å²) in [5, 5.41) is 15.7. The second-order valence-electron chi connectivity index (χ2n) is 3.61. The summed E-state index contributed by atoms with van der Waals surface area (Å²) in [5.74, 6) is -0.426. The predicted molar refractivity (Wildman–Crippen MR) is 65.0 cm³/mol. The van der Waals surface area contributed by atoms with Crippen LogP contribution in [0.15, 0.2) is 33.0 Å². The number of halogens is 1.